The van der Waals surface area contributed by atoms with E-state index < -0.39 is 29.8 Å². The van der Waals surface area contributed by atoms with E-state index in [0.29, 0.717) is 35.7 Å². The van der Waals surface area contributed by atoms with Crippen molar-refractivity contribution in [2.24, 2.45) is 23.8 Å². The smallest absolute Gasteiger partial charge is 0.310 e. The van der Waals surface area contributed by atoms with Crippen LogP contribution < -0.4 is 4.74 Å². The number of carbonyl (C=O) groups excluding carboxylic acids is 2. The Labute approximate surface area is 252 Å². The molecular weight excluding hydrogens is 584 g/mol. The van der Waals surface area contributed by atoms with Crippen LogP contribution in [0.4, 0.5) is 8.78 Å². The number of halogens is 3. The Morgan fingerprint density at radius 1 is 1.26 bits per heavy atom. The van der Waals surface area contributed by atoms with Gasteiger partial charge in [0.05, 0.1) is 17.4 Å². The zero-order chi connectivity index (χ0) is 30.7. The van der Waals surface area contributed by atoms with Crippen molar-refractivity contribution in [3.63, 3.8) is 0 Å². The van der Waals surface area contributed by atoms with Crippen molar-refractivity contribution in [3.05, 3.63) is 51.8 Å². The van der Waals surface area contributed by atoms with Crippen LogP contribution in [0.3, 0.4) is 0 Å². The zero-order valence-electron chi connectivity index (χ0n) is 24.1. The number of aryl methyl sites for hydroxylation is 1. The first kappa shape index (κ1) is 29.5. The number of aromatic nitrogens is 3. The summed E-state index contributed by atoms with van der Waals surface area (Å²) in [5.41, 5.74) is -0.319. The summed E-state index contributed by atoms with van der Waals surface area (Å²) in [6, 6.07) is 2.63. The summed E-state index contributed by atoms with van der Waals surface area (Å²) in [7, 11) is 1.38. The van der Waals surface area contributed by atoms with E-state index >= 15 is 0 Å². The van der Waals surface area contributed by atoms with Gasteiger partial charge in [-0.05, 0) is 62.1 Å². The lowest BCUT2D eigenvalue weighted by Gasteiger charge is -2.44. The van der Waals surface area contributed by atoms with Gasteiger partial charge in [-0.25, -0.2) is 13.5 Å². The van der Waals surface area contributed by atoms with Crippen LogP contribution in [0, 0.1) is 16.7 Å². The Balaban J connectivity index is 1.38. The molecule has 1 N–H and O–H groups in total. The normalized spacial score (nSPS) is 25.9. The lowest BCUT2D eigenvalue weighted by atomic mass is 9.69. The van der Waals surface area contributed by atoms with Crippen LogP contribution in [0.25, 0.3) is 0 Å². The fourth-order valence-electron chi connectivity index (χ4n) is 6.92. The number of carboxylic acid groups (broad SMARTS) is 1. The van der Waals surface area contributed by atoms with E-state index in [0.717, 1.165) is 23.1 Å². The average Bonchev–Trinajstić information content (AvgIpc) is 3.50. The van der Waals surface area contributed by atoms with E-state index in [4.69, 9.17) is 16.3 Å². The number of nitrogens with zero attached hydrogens (tertiary/aromatic N) is 5. The molecule has 4 aliphatic rings. The lowest BCUT2D eigenvalue weighted by molar-refractivity contribution is -0.160. The number of amides is 2. The highest BCUT2D eigenvalue weighted by atomic mass is 35.5. The molecule has 1 spiro atoms. The van der Waals surface area contributed by atoms with Gasteiger partial charge < -0.3 is 19.6 Å². The number of allylic oxidation sites excluding steroid dienone is 2. The third-order valence-electron chi connectivity index (χ3n) is 9.76. The van der Waals surface area contributed by atoms with Crippen molar-refractivity contribution in [2.75, 3.05) is 19.6 Å². The van der Waals surface area contributed by atoms with Gasteiger partial charge in [0.2, 0.25) is 11.8 Å². The first-order chi connectivity index (χ1) is 20.4. The summed E-state index contributed by atoms with van der Waals surface area (Å²) in [6.45, 7) is 2.37. The van der Waals surface area contributed by atoms with Gasteiger partial charge >= 0.3 is 5.97 Å². The van der Waals surface area contributed by atoms with Gasteiger partial charge in [-0.1, -0.05) is 29.0 Å². The fraction of sp³-hybridized carbons (Fsp3) is 0.567. The van der Waals surface area contributed by atoms with E-state index in [-0.39, 0.29) is 61.2 Å². The molecule has 1 aromatic carbocycles. The van der Waals surface area contributed by atoms with Gasteiger partial charge in [0, 0.05) is 43.7 Å². The van der Waals surface area contributed by atoms with E-state index in [2.05, 4.69) is 10.3 Å². The second kappa shape index (κ2) is 10.9. The largest absolute Gasteiger partial charge is 0.487 e. The molecule has 6 rings (SSSR count). The molecule has 10 nitrogen and oxygen atoms in total. The Bertz CT molecular complexity index is 1510. The number of benzene rings is 1. The van der Waals surface area contributed by atoms with E-state index in [1.54, 1.807) is 34.9 Å². The molecule has 230 valence electrons. The number of fused-ring (bicyclic) bond motifs is 1. The SMILES string of the molecule is Cn1nnc(COc2ccc(Cl)c3c2[C@@H](CN2CC4(CC4)CC2=O)N(C(=O)[C@@H]2CC=CC[C@]2(C)C(=O)O)CC3)c1C(F)F. The number of carboxylic acids is 1. The summed E-state index contributed by atoms with van der Waals surface area (Å²) in [5, 5.41) is 18.2. The Morgan fingerprint density at radius 3 is 2.70 bits per heavy atom. The summed E-state index contributed by atoms with van der Waals surface area (Å²) in [4.78, 5) is 43.3. The molecule has 1 saturated carbocycles. The minimum absolute atomic E-state index is 0.00915. The molecular formula is C30H34ClF2N5O5. The summed E-state index contributed by atoms with van der Waals surface area (Å²) < 4.78 is 34.5. The quantitative estimate of drug-likeness (QED) is 0.434. The molecule has 13 heteroatoms. The highest BCUT2D eigenvalue weighted by Crippen LogP contribution is 2.54. The highest BCUT2D eigenvalue weighted by molar-refractivity contribution is 6.31. The molecule has 3 heterocycles. The van der Waals surface area contributed by atoms with Crippen LogP contribution in [0.2, 0.25) is 5.02 Å². The van der Waals surface area contributed by atoms with E-state index in [1.165, 1.54) is 7.05 Å². The molecule has 0 bridgehead atoms. The predicted molar refractivity (Wildman–Crippen MR) is 150 cm³/mol. The monoisotopic (exact) mass is 617 g/mol. The Hall–Kier alpha value is -3.54. The van der Waals surface area contributed by atoms with Gasteiger partial charge in [0.15, 0.2) is 0 Å². The maximum Gasteiger partial charge on any atom is 0.310 e. The first-order valence-electron chi connectivity index (χ1n) is 14.5. The molecule has 2 amide bonds. The predicted octanol–water partition coefficient (Wildman–Crippen LogP) is 4.48. The standard InChI is InChI=1S/C30H34ClF2N5O5/c1-29(28(41)42)9-4-3-5-18(29)27(40)38-12-8-17-19(31)6-7-22(43-15-20-25(26(32)33)36(2)35-34-20)24(17)21(38)14-37-16-30(10-11-30)13-23(37)39/h3-4,6-7,18,21,26H,5,8-16H2,1-2H3,(H,41,42)/t18-,21+,29-/m0/s1. The van der Waals surface area contributed by atoms with Crippen LogP contribution in [0.15, 0.2) is 24.3 Å². The Kier molecular flexibility index (Phi) is 7.46. The van der Waals surface area contributed by atoms with Gasteiger partial charge in [-0.3, -0.25) is 14.4 Å². The third kappa shape index (κ3) is 5.17. The second-order valence-electron chi connectivity index (χ2n) is 12.5. The zero-order valence-corrected chi connectivity index (χ0v) is 24.8. The number of alkyl halides is 2. The summed E-state index contributed by atoms with van der Waals surface area (Å²) in [6.07, 6.45) is 4.15. The van der Waals surface area contributed by atoms with Crippen molar-refractivity contribution < 1.29 is 33.0 Å². The minimum atomic E-state index is -2.80. The van der Waals surface area contributed by atoms with Crippen molar-refractivity contribution in [1.29, 1.82) is 0 Å². The number of likely N-dealkylation sites (tertiary alicyclic amines) is 1. The maximum absolute atomic E-state index is 14.3. The second-order valence-corrected chi connectivity index (χ2v) is 12.9. The van der Waals surface area contributed by atoms with Crippen LogP contribution >= 0.6 is 11.6 Å². The van der Waals surface area contributed by atoms with Gasteiger partial charge in [0.1, 0.15) is 23.7 Å². The molecule has 1 saturated heterocycles. The molecule has 1 aromatic heterocycles. The molecule has 3 atom stereocenters. The number of hydrogen-bond acceptors (Lipinski definition) is 6. The van der Waals surface area contributed by atoms with Crippen LogP contribution in [0.1, 0.15) is 74.0 Å². The average molecular weight is 618 g/mol. The van der Waals surface area contributed by atoms with Crippen LogP contribution in [-0.4, -0.2) is 67.3 Å². The van der Waals surface area contributed by atoms with Crippen molar-refractivity contribution in [2.45, 2.75) is 64.5 Å². The summed E-state index contributed by atoms with van der Waals surface area (Å²) >= 11 is 6.68. The van der Waals surface area contributed by atoms with Crippen LogP contribution in [0.5, 0.6) is 5.75 Å². The Morgan fingerprint density at radius 2 is 2.02 bits per heavy atom. The minimum Gasteiger partial charge on any atom is -0.487 e. The maximum atomic E-state index is 14.3. The van der Waals surface area contributed by atoms with E-state index in [1.807, 2.05) is 6.08 Å². The molecule has 2 aliphatic heterocycles. The number of hydrogen-bond donors (Lipinski definition) is 1. The number of carbonyl (C=O) groups is 3. The third-order valence-corrected chi connectivity index (χ3v) is 10.1. The van der Waals surface area contributed by atoms with Crippen LogP contribution in [-0.2, 0) is 34.5 Å². The molecule has 2 aromatic rings. The van der Waals surface area contributed by atoms with Gasteiger partial charge in [-0.2, -0.15) is 0 Å². The first-order valence-corrected chi connectivity index (χ1v) is 14.9. The van der Waals surface area contributed by atoms with Gasteiger partial charge in [0.25, 0.3) is 6.43 Å². The molecule has 0 radical (unpaired) electrons. The topological polar surface area (TPSA) is 118 Å². The van der Waals surface area contributed by atoms with Crippen molar-refractivity contribution in [1.82, 2.24) is 24.8 Å². The van der Waals surface area contributed by atoms with Crippen molar-refractivity contribution in [3.8, 4) is 5.75 Å². The van der Waals surface area contributed by atoms with Crippen molar-refractivity contribution >= 4 is 29.4 Å². The number of ether oxygens (including phenoxy) is 1. The van der Waals surface area contributed by atoms with Gasteiger partial charge in [-0.15, -0.1) is 5.10 Å². The molecule has 43 heavy (non-hydrogen) atoms. The fourth-order valence-corrected chi connectivity index (χ4v) is 7.18. The summed E-state index contributed by atoms with van der Waals surface area (Å²) in [5.74, 6) is -1.80. The molecule has 2 fully saturated rings. The molecule has 0 unspecified atom stereocenters. The lowest BCUT2D eigenvalue weighted by Crippen LogP contribution is -2.52. The number of rotatable bonds is 8. The van der Waals surface area contributed by atoms with E-state index in [9.17, 15) is 28.3 Å². The number of aliphatic carboxylic acids is 1. The molecule has 2 aliphatic carbocycles. The highest BCUT2D eigenvalue weighted by Gasteiger charge is 2.53.